The molecule has 1 aromatic rings. The van der Waals surface area contributed by atoms with Crippen molar-refractivity contribution in [3.63, 3.8) is 0 Å². The first-order chi connectivity index (χ1) is 7.56. The summed E-state index contributed by atoms with van der Waals surface area (Å²) in [5.74, 6) is -2.39. The largest absolute Gasteiger partial charge is 0.460 e. The summed E-state index contributed by atoms with van der Waals surface area (Å²) in [6, 6.07) is 4.06. The van der Waals surface area contributed by atoms with Crippen LogP contribution in [0, 0.1) is 5.82 Å². The molecule has 0 atom stereocenters. The Morgan fingerprint density at radius 1 is 1.44 bits per heavy atom. The molecular weight excluding hydrogens is 235 g/mol. The van der Waals surface area contributed by atoms with Gasteiger partial charge in [0.2, 0.25) is 5.78 Å². The number of rotatable bonds is 4. The van der Waals surface area contributed by atoms with E-state index in [1.807, 2.05) is 0 Å². The summed E-state index contributed by atoms with van der Waals surface area (Å²) in [6.45, 7) is 1.69. The number of ketones is 1. The molecule has 0 bridgehead atoms. The lowest BCUT2D eigenvalue weighted by molar-refractivity contribution is -0.153. The van der Waals surface area contributed by atoms with Crippen molar-refractivity contribution in [2.45, 2.75) is 13.3 Å². The Kier molecular flexibility index (Phi) is 4.43. The van der Waals surface area contributed by atoms with Crippen LogP contribution < -0.4 is 0 Å². The van der Waals surface area contributed by atoms with Crippen LogP contribution in [0.15, 0.2) is 18.2 Å². The average molecular weight is 245 g/mol. The molecule has 0 saturated heterocycles. The highest BCUT2D eigenvalue weighted by molar-refractivity contribution is 6.35. The molecule has 0 unspecified atom stereocenters. The smallest absolute Gasteiger partial charge is 0.374 e. The Hall–Kier alpha value is -1.42. The van der Waals surface area contributed by atoms with Crippen molar-refractivity contribution in [3.05, 3.63) is 34.6 Å². The molecule has 5 heteroatoms. The third-order valence-electron chi connectivity index (χ3n) is 1.90. The Labute approximate surface area is 97.2 Å². The number of benzene rings is 1. The molecule has 0 spiro atoms. The van der Waals surface area contributed by atoms with Gasteiger partial charge >= 0.3 is 5.97 Å². The Morgan fingerprint density at radius 3 is 2.69 bits per heavy atom. The van der Waals surface area contributed by atoms with Gasteiger partial charge < -0.3 is 4.74 Å². The molecule has 0 aliphatic carbocycles. The van der Waals surface area contributed by atoms with Crippen molar-refractivity contribution >= 4 is 23.4 Å². The van der Waals surface area contributed by atoms with E-state index < -0.39 is 17.6 Å². The molecule has 0 amide bonds. The number of carbonyl (C=O) groups is 2. The fourth-order valence-corrected chi connectivity index (χ4v) is 1.38. The first-order valence-electron chi connectivity index (χ1n) is 4.69. The molecule has 86 valence electrons. The highest BCUT2D eigenvalue weighted by Gasteiger charge is 2.19. The van der Waals surface area contributed by atoms with Gasteiger partial charge in [-0.15, -0.1) is 0 Å². The van der Waals surface area contributed by atoms with E-state index in [-0.39, 0.29) is 23.6 Å². The van der Waals surface area contributed by atoms with Crippen molar-refractivity contribution in [1.29, 1.82) is 0 Å². The molecule has 0 N–H and O–H groups in total. The number of ether oxygens (including phenoxy) is 1. The van der Waals surface area contributed by atoms with E-state index in [0.717, 1.165) is 0 Å². The Balaban J connectivity index is 2.81. The number of carbonyl (C=O) groups excluding carboxylic acids is 2. The van der Waals surface area contributed by atoms with E-state index in [0.29, 0.717) is 0 Å². The highest BCUT2D eigenvalue weighted by atomic mass is 35.5. The van der Waals surface area contributed by atoms with Gasteiger partial charge in [-0.3, -0.25) is 4.79 Å². The van der Waals surface area contributed by atoms with Crippen LogP contribution in [-0.2, 0) is 20.7 Å². The lowest BCUT2D eigenvalue weighted by Crippen LogP contribution is -2.20. The minimum absolute atomic E-state index is 0.0159. The molecule has 0 fully saturated rings. The van der Waals surface area contributed by atoms with E-state index >= 15 is 0 Å². The van der Waals surface area contributed by atoms with Crippen LogP contribution in [-0.4, -0.2) is 18.4 Å². The van der Waals surface area contributed by atoms with Gasteiger partial charge in [0.25, 0.3) is 0 Å². The molecule has 16 heavy (non-hydrogen) atoms. The topological polar surface area (TPSA) is 43.4 Å². The van der Waals surface area contributed by atoms with E-state index in [2.05, 4.69) is 4.74 Å². The SMILES string of the molecule is CCOC(=O)C(=O)Cc1c(F)cccc1Cl. The summed E-state index contributed by atoms with van der Waals surface area (Å²) in [4.78, 5) is 22.3. The Morgan fingerprint density at radius 2 is 2.12 bits per heavy atom. The fourth-order valence-electron chi connectivity index (χ4n) is 1.15. The van der Waals surface area contributed by atoms with Gasteiger partial charge in [0, 0.05) is 17.0 Å². The van der Waals surface area contributed by atoms with Crippen molar-refractivity contribution in [2.75, 3.05) is 6.61 Å². The summed E-state index contributed by atoms with van der Waals surface area (Å²) in [6.07, 6.45) is -0.385. The van der Waals surface area contributed by atoms with E-state index in [4.69, 9.17) is 11.6 Å². The number of esters is 1. The van der Waals surface area contributed by atoms with Gasteiger partial charge in [-0.25, -0.2) is 9.18 Å². The normalized spacial score (nSPS) is 9.94. The molecule has 0 aliphatic heterocycles. The molecule has 0 saturated carbocycles. The molecular formula is C11H10ClFO3. The molecule has 1 rings (SSSR count). The molecule has 0 aliphatic rings. The van der Waals surface area contributed by atoms with Crippen molar-refractivity contribution in [2.24, 2.45) is 0 Å². The molecule has 0 radical (unpaired) electrons. The monoisotopic (exact) mass is 244 g/mol. The maximum atomic E-state index is 13.3. The first-order valence-corrected chi connectivity index (χ1v) is 5.07. The zero-order valence-electron chi connectivity index (χ0n) is 8.63. The second kappa shape index (κ2) is 5.61. The molecule has 3 nitrogen and oxygen atoms in total. The fraction of sp³-hybridized carbons (Fsp3) is 0.273. The third kappa shape index (κ3) is 3.03. The van der Waals surface area contributed by atoms with Crippen LogP contribution in [0.1, 0.15) is 12.5 Å². The van der Waals surface area contributed by atoms with E-state index in [9.17, 15) is 14.0 Å². The van der Waals surface area contributed by atoms with Crippen LogP contribution in [0.25, 0.3) is 0 Å². The van der Waals surface area contributed by atoms with Gasteiger partial charge in [-0.1, -0.05) is 17.7 Å². The summed E-state index contributed by atoms with van der Waals surface area (Å²) in [5, 5.41) is 0.123. The zero-order chi connectivity index (χ0) is 12.1. The molecule has 0 aromatic heterocycles. The summed E-state index contributed by atoms with van der Waals surface area (Å²) < 4.78 is 17.8. The molecule has 0 heterocycles. The van der Waals surface area contributed by atoms with Gasteiger partial charge in [0.15, 0.2) is 0 Å². The number of hydrogen-bond donors (Lipinski definition) is 0. The minimum Gasteiger partial charge on any atom is -0.460 e. The van der Waals surface area contributed by atoms with E-state index in [1.165, 1.54) is 18.2 Å². The van der Waals surface area contributed by atoms with E-state index in [1.54, 1.807) is 6.92 Å². The summed E-state index contributed by atoms with van der Waals surface area (Å²) in [7, 11) is 0. The lowest BCUT2D eigenvalue weighted by atomic mass is 10.1. The number of halogens is 2. The standard InChI is InChI=1S/C11H10ClFO3/c1-2-16-11(15)10(14)6-7-8(12)4-3-5-9(7)13/h3-5H,2,6H2,1H3. The molecule has 1 aromatic carbocycles. The van der Waals surface area contributed by atoms with Crippen LogP contribution in [0.5, 0.6) is 0 Å². The maximum absolute atomic E-state index is 13.3. The second-order valence-corrected chi connectivity index (χ2v) is 3.43. The summed E-state index contributed by atoms with van der Waals surface area (Å²) in [5.41, 5.74) is 0.0159. The van der Waals surface area contributed by atoms with Crippen molar-refractivity contribution in [1.82, 2.24) is 0 Å². The predicted octanol–water partition coefficient (Wildman–Crippen LogP) is 2.15. The Bertz CT molecular complexity index is 397. The van der Waals surface area contributed by atoms with Crippen LogP contribution in [0.3, 0.4) is 0 Å². The van der Waals surface area contributed by atoms with Crippen molar-refractivity contribution < 1.29 is 18.7 Å². The summed E-state index contributed by atoms with van der Waals surface area (Å²) >= 11 is 5.71. The van der Waals surface area contributed by atoms with Gasteiger partial charge in [0.1, 0.15) is 5.82 Å². The predicted molar refractivity (Wildman–Crippen MR) is 56.8 cm³/mol. The highest BCUT2D eigenvalue weighted by Crippen LogP contribution is 2.19. The lowest BCUT2D eigenvalue weighted by Gasteiger charge is -2.04. The third-order valence-corrected chi connectivity index (χ3v) is 2.26. The van der Waals surface area contributed by atoms with Gasteiger partial charge in [-0.05, 0) is 19.1 Å². The van der Waals surface area contributed by atoms with Gasteiger partial charge in [-0.2, -0.15) is 0 Å². The zero-order valence-corrected chi connectivity index (χ0v) is 9.38. The second-order valence-electron chi connectivity index (χ2n) is 3.02. The maximum Gasteiger partial charge on any atom is 0.374 e. The van der Waals surface area contributed by atoms with Crippen molar-refractivity contribution in [3.8, 4) is 0 Å². The van der Waals surface area contributed by atoms with Crippen LogP contribution in [0.2, 0.25) is 5.02 Å². The quantitative estimate of drug-likeness (QED) is 0.602. The minimum atomic E-state index is -0.971. The van der Waals surface area contributed by atoms with Crippen LogP contribution in [0.4, 0.5) is 4.39 Å². The average Bonchev–Trinajstić information content (AvgIpc) is 2.23. The van der Waals surface area contributed by atoms with Crippen LogP contribution >= 0.6 is 11.6 Å². The van der Waals surface area contributed by atoms with Gasteiger partial charge in [0.05, 0.1) is 6.61 Å². The number of hydrogen-bond acceptors (Lipinski definition) is 3. The number of Topliss-reactive ketones (excluding diaryl/α,β-unsaturated/α-hetero) is 1. The first kappa shape index (κ1) is 12.6.